The van der Waals surface area contributed by atoms with Gasteiger partial charge in [-0.25, -0.2) is 0 Å². The van der Waals surface area contributed by atoms with Crippen molar-refractivity contribution >= 4 is 5.91 Å². The van der Waals surface area contributed by atoms with Crippen LogP contribution in [0.2, 0.25) is 0 Å². The molecule has 0 heterocycles. The van der Waals surface area contributed by atoms with Gasteiger partial charge >= 0.3 is 0 Å². The van der Waals surface area contributed by atoms with E-state index in [9.17, 15) is 4.79 Å². The first-order chi connectivity index (χ1) is 6.19. The molecular formula is C11H24N2O. The molecule has 0 saturated carbocycles. The maximum Gasteiger partial charge on any atom is 0.225 e. The molecule has 0 saturated heterocycles. The summed E-state index contributed by atoms with van der Waals surface area (Å²) in [6, 6.07) is 0. The largest absolute Gasteiger partial charge is 0.355 e. The lowest BCUT2D eigenvalue weighted by atomic mass is 9.88. The predicted octanol–water partition coefficient (Wildman–Crippen LogP) is 1.52. The van der Waals surface area contributed by atoms with Crippen LogP contribution in [0, 0.1) is 10.8 Å². The summed E-state index contributed by atoms with van der Waals surface area (Å²) in [5.74, 6) is 0.0996. The van der Waals surface area contributed by atoms with Crippen molar-refractivity contribution in [2.24, 2.45) is 16.6 Å². The Balaban J connectivity index is 4.00. The molecule has 3 heteroatoms. The molecule has 0 atom stereocenters. The minimum Gasteiger partial charge on any atom is -0.355 e. The van der Waals surface area contributed by atoms with Crippen molar-refractivity contribution < 1.29 is 4.79 Å². The Morgan fingerprint density at radius 3 is 2.07 bits per heavy atom. The highest BCUT2D eigenvalue weighted by Crippen LogP contribution is 2.19. The first-order valence-electron chi connectivity index (χ1n) is 5.17. The van der Waals surface area contributed by atoms with Crippen molar-refractivity contribution in [1.82, 2.24) is 5.32 Å². The van der Waals surface area contributed by atoms with Gasteiger partial charge in [0, 0.05) is 12.0 Å². The van der Waals surface area contributed by atoms with Crippen molar-refractivity contribution in [3.8, 4) is 0 Å². The van der Waals surface area contributed by atoms with E-state index in [2.05, 4.69) is 19.2 Å². The van der Waals surface area contributed by atoms with Crippen LogP contribution in [0.3, 0.4) is 0 Å². The van der Waals surface area contributed by atoms with Crippen LogP contribution in [0.15, 0.2) is 0 Å². The summed E-state index contributed by atoms with van der Waals surface area (Å²) >= 11 is 0. The minimum atomic E-state index is -0.307. The van der Waals surface area contributed by atoms with E-state index < -0.39 is 0 Å². The molecule has 3 nitrogen and oxygen atoms in total. The van der Waals surface area contributed by atoms with Gasteiger partial charge in [0.25, 0.3) is 0 Å². The van der Waals surface area contributed by atoms with Crippen LogP contribution in [0.4, 0.5) is 0 Å². The topological polar surface area (TPSA) is 55.1 Å². The van der Waals surface area contributed by atoms with Crippen LogP contribution in [0.25, 0.3) is 0 Å². The van der Waals surface area contributed by atoms with Crippen LogP contribution in [-0.2, 0) is 4.79 Å². The Kier molecular flexibility index (Phi) is 4.59. The second-order valence-corrected chi connectivity index (χ2v) is 5.64. The molecule has 3 N–H and O–H groups in total. The number of hydrogen-bond acceptors (Lipinski definition) is 2. The van der Waals surface area contributed by atoms with Crippen molar-refractivity contribution in [1.29, 1.82) is 0 Å². The Labute approximate surface area is 87.4 Å². The van der Waals surface area contributed by atoms with Crippen LogP contribution >= 0.6 is 0 Å². The van der Waals surface area contributed by atoms with Gasteiger partial charge in [-0.15, -0.1) is 0 Å². The molecule has 0 aromatic heterocycles. The Morgan fingerprint density at radius 2 is 1.71 bits per heavy atom. The van der Waals surface area contributed by atoms with Crippen molar-refractivity contribution in [2.75, 3.05) is 13.1 Å². The van der Waals surface area contributed by atoms with Crippen LogP contribution < -0.4 is 11.1 Å². The third-order valence-electron chi connectivity index (χ3n) is 2.23. The molecule has 0 radical (unpaired) electrons. The zero-order valence-corrected chi connectivity index (χ0v) is 10.1. The normalized spacial score (nSPS) is 12.7. The summed E-state index contributed by atoms with van der Waals surface area (Å²) in [6.45, 7) is 11.3. The quantitative estimate of drug-likeness (QED) is 0.723. The summed E-state index contributed by atoms with van der Waals surface area (Å²) in [4.78, 5) is 11.6. The molecule has 0 fully saturated rings. The Bertz CT molecular complexity index is 192. The maximum absolute atomic E-state index is 11.6. The van der Waals surface area contributed by atoms with Gasteiger partial charge in [0.05, 0.1) is 0 Å². The number of carbonyl (C=O) groups is 1. The van der Waals surface area contributed by atoms with E-state index in [0.717, 1.165) is 6.42 Å². The molecule has 14 heavy (non-hydrogen) atoms. The lowest BCUT2D eigenvalue weighted by molar-refractivity contribution is -0.128. The van der Waals surface area contributed by atoms with E-state index in [-0.39, 0.29) is 16.7 Å². The molecule has 1 amide bonds. The highest BCUT2D eigenvalue weighted by atomic mass is 16.2. The fraction of sp³-hybridized carbons (Fsp3) is 0.909. The first-order valence-corrected chi connectivity index (χ1v) is 5.17. The highest BCUT2D eigenvalue weighted by molar-refractivity contribution is 5.81. The van der Waals surface area contributed by atoms with Crippen molar-refractivity contribution in [3.63, 3.8) is 0 Å². The van der Waals surface area contributed by atoms with E-state index in [1.165, 1.54) is 0 Å². The van der Waals surface area contributed by atoms with E-state index in [4.69, 9.17) is 5.73 Å². The average molecular weight is 200 g/mol. The van der Waals surface area contributed by atoms with Gasteiger partial charge in [-0.3, -0.25) is 4.79 Å². The number of nitrogens with two attached hydrogens (primary N) is 1. The summed E-state index contributed by atoms with van der Waals surface area (Å²) in [5, 5.41) is 2.95. The summed E-state index contributed by atoms with van der Waals surface area (Å²) in [6.07, 6.45) is 0.928. The molecule has 0 aliphatic carbocycles. The smallest absolute Gasteiger partial charge is 0.225 e. The lowest BCUT2D eigenvalue weighted by Crippen LogP contribution is -2.40. The SMILES string of the molecule is CC(C)(CCN)CNC(=O)C(C)(C)C. The molecule has 84 valence electrons. The molecule has 0 rings (SSSR count). The fourth-order valence-corrected chi connectivity index (χ4v) is 1.06. The molecular weight excluding hydrogens is 176 g/mol. The van der Waals surface area contributed by atoms with E-state index in [1.54, 1.807) is 0 Å². The highest BCUT2D eigenvalue weighted by Gasteiger charge is 2.24. The minimum absolute atomic E-state index is 0.0929. The average Bonchev–Trinajstić information content (AvgIpc) is 1.98. The van der Waals surface area contributed by atoms with Gasteiger partial charge in [0.2, 0.25) is 5.91 Å². The number of carbonyl (C=O) groups excluding carboxylic acids is 1. The van der Waals surface area contributed by atoms with Gasteiger partial charge in [-0.2, -0.15) is 0 Å². The maximum atomic E-state index is 11.6. The van der Waals surface area contributed by atoms with Gasteiger partial charge < -0.3 is 11.1 Å². The summed E-state index contributed by atoms with van der Waals surface area (Å²) < 4.78 is 0. The third kappa shape index (κ3) is 5.22. The molecule has 0 aromatic carbocycles. The fourth-order valence-electron chi connectivity index (χ4n) is 1.06. The zero-order chi connectivity index (χ0) is 11.4. The van der Waals surface area contributed by atoms with Gasteiger partial charge in [0.1, 0.15) is 0 Å². The van der Waals surface area contributed by atoms with Gasteiger partial charge in [-0.05, 0) is 18.4 Å². The van der Waals surface area contributed by atoms with Gasteiger partial charge in [0.15, 0.2) is 0 Å². The molecule has 0 aliphatic rings. The number of hydrogen-bond donors (Lipinski definition) is 2. The molecule has 0 spiro atoms. The second kappa shape index (κ2) is 4.78. The molecule has 0 aromatic rings. The van der Waals surface area contributed by atoms with Crippen LogP contribution in [0.5, 0.6) is 0 Å². The summed E-state index contributed by atoms with van der Waals surface area (Å²) in [5.41, 5.74) is 5.28. The number of rotatable bonds is 4. The van der Waals surface area contributed by atoms with Crippen LogP contribution in [-0.4, -0.2) is 19.0 Å². The standard InChI is InChI=1S/C11H24N2O/c1-10(2,3)9(14)13-8-11(4,5)6-7-12/h6-8,12H2,1-5H3,(H,13,14). The van der Waals surface area contributed by atoms with Gasteiger partial charge in [-0.1, -0.05) is 34.6 Å². The van der Waals surface area contributed by atoms with Crippen LogP contribution in [0.1, 0.15) is 41.0 Å². The van der Waals surface area contributed by atoms with Crippen molar-refractivity contribution in [2.45, 2.75) is 41.0 Å². The molecule has 0 unspecified atom stereocenters. The van der Waals surface area contributed by atoms with Crippen molar-refractivity contribution in [3.05, 3.63) is 0 Å². The molecule has 0 aliphatic heterocycles. The second-order valence-electron chi connectivity index (χ2n) is 5.64. The number of nitrogens with one attached hydrogen (secondary N) is 1. The Hall–Kier alpha value is -0.570. The third-order valence-corrected chi connectivity index (χ3v) is 2.23. The van der Waals surface area contributed by atoms with E-state index in [1.807, 2.05) is 20.8 Å². The summed E-state index contributed by atoms with van der Waals surface area (Å²) in [7, 11) is 0. The monoisotopic (exact) mass is 200 g/mol. The first kappa shape index (κ1) is 13.4. The Morgan fingerprint density at radius 1 is 1.21 bits per heavy atom. The lowest BCUT2D eigenvalue weighted by Gasteiger charge is -2.26. The number of amides is 1. The zero-order valence-electron chi connectivity index (χ0n) is 10.1. The predicted molar refractivity (Wildman–Crippen MR) is 59.9 cm³/mol. The van der Waals surface area contributed by atoms with E-state index >= 15 is 0 Å². The molecule has 0 bridgehead atoms. The van der Waals surface area contributed by atoms with E-state index in [0.29, 0.717) is 13.1 Å².